The van der Waals surface area contributed by atoms with Crippen LogP contribution >= 0.6 is 0 Å². The Morgan fingerprint density at radius 2 is 1.68 bits per heavy atom. The molecule has 0 unspecified atom stereocenters. The van der Waals surface area contributed by atoms with Crippen molar-refractivity contribution in [3.8, 4) is 11.3 Å². The second-order valence-corrected chi connectivity index (χ2v) is 8.19. The first-order chi connectivity index (χ1) is 13.4. The van der Waals surface area contributed by atoms with Gasteiger partial charge in [0.25, 0.3) is 5.56 Å². The van der Waals surface area contributed by atoms with Gasteiger partial charge in [0.15, 0.2) is 0 Å². The lowest BCUT2D eigenvalue weighted by Crippen LogP contribution is -2.36. The van der Waals surface area contributed by atoms with E-state index in [1.807, 2.05) is 36.4 Å². The van der Waals surface area contributed by atoms with Crippen LogP contribution in [0.2, 0.25) is 0 Å². The van der Waals surface area contributed by atoms with E-state index >= 15 is 0 Å². The summed E-state index contributed by atoms with van der Waals surface area (Å²) in [7, 11) is 0. The molecule has 1 heterocycles. The van der Waals surface area contributed by atoms with Crippen molar-refractivity contribution in [1.82, 2.24) is 15.5 Å². The highest BCUT2D eigenvalue weighted by atomic mass is 16.1. The van der Waals surface area contributed by atoms with E-state index in [-0.39, 0.29) is 11.1 Å². The van der Waals surface area contributed by atoms with Gasteiger partial charge in [-0.25, -0.2) is 5.10 Å². The summed E-state index contributed by atoms with van der Waals surface area (Å²) in [5, 5.41) is 15.5. The van der Waals surface area contributed by atoms with Crippen molar-refractivity contribution in [2.24, 2.45) is 0 Å². The van der Waals surface area contributed by atoms with Gasteiger partial charge in [-0.15, -0.1) is 0 Å². The van der Waals surface area contributed by atoms with Crippen molar-refractivity contribution in [2.45, 2.75) is 45.6 Å². The number of fused-ring (bicyclic) bond motifs is 1. The molecule has 0 radical (unpaired) electrons. The van der Waals surface area contributed by atoms with Gasteiger partial charge in [-0.2, -0.15) is 5.10 Å². The highest BCUT2D eigenvalue weighted by Crippen LogP contribution is 2.26. The summed E-state index contributed by atoms with van der Waals surface area (Å²) in [5.74, 6) is 0. The minimum Gasteiger partial charge on any atom is -0.385 e. The van der Waals surface area contributed by atoms with Gasteiger partial charge in [0, 0.05) is 28.7 Å². The van der Waals surface area contributed by atoms with Gasteiger partial charge in [0.05, 0.1) is 11.1 Å². The molecule has 0 aliphatic carbocycles. The first kappa shape index (κ1) is 20.1. The Hall–Kier alpha value is -2.66. The molecule has 0 amide bonds. The summed E-state index contributed by atoms with van der Waals surface area (Å²) in [6.07, 6.45) is 3.52. The fourth-order valence-corrected chi connectivity index (χ4v) is 3.23. The number of benzene rings is 2. The molecular formula is C23H30N4O. The molecule has 0 aliphatic rings. The smallest absolute Gasteiger partial charge is 0.272 e. The van der Waals surface area contributed by atoms with Crippen molar-refractivity contribution in [3.63, 3.8) is 0 Å². The molecule has 3 aromatic rings. The predicted octanol–water partition coefficient (Wildman–Crippen LogP) is 4.56. The van der Waals surface area contributed by atoms with Gasteiger partial charge in [-0.3, -0.25) is 4.79 Å². The van der Waals surface area contributed by atoms with E-state index in [4.69, 9.17) is 0 Å². The van der Waals surface area contributed by atoms with E-state index in [2.05, 4.69) is 53.7 Å². The summed E-state index contributed by atoms with van der Waals surface area (Å²) < 4.78 is 0. The van der Waals surface area contributed by atoms with Crippen LogP contribution < -0.4 is 16.2 Å². The normalized spacial score (nSPS) is 11.7. The van der Waals surface area contributed by atoms with Crippen LogP contribution in [0, 0.1) is 0 Å². The Bertz CT molecular complexity index is 972. The molecule has 2 aromatic carbocycles. The third-order valence-electron chi connectivity index (χ3n) is 4.67. The molecule has 5 nitrogen and oxygen atoms in total. The standard InChI is InChI=1S/C23H30N4O/c1-23(2,3)25-15-8-4-7-14-24-18-11-9-10-17(16-18)21-19-12-5-6-13-20(19)22(28)27-26-21/h5-6,9-13,16,24-25H,4,7-8,14-15H2,1-3H3,(H,27,28). The van der Waals surface area contributed by atoms with Crippen LogP contribution in [0.15, 0.2) is 53.3 Å². The highest BCUT2D eigenvalue weighted by Gasteiger charge is 2.09. The molecule has 5 heteroatoms. The van der Waals surface area contributed by atoms with Gasteiger partial charge in [0.1, 0.15) is 0 Å². The number of H-pyrrole nitrogens is 1. The Morgan fingerprint density at radius 3 is 2.46 bits per heavy atom. The van der Waals surface area contributed by atoms with Gasteiger partial charge in [0.2, 0.25) is 0 Å². The lowest BCUT2D eigenvalue weighted by atomic mass is 10.0. The molecule has 0 saturated carbocycles. The molecule has 28 heavy (non-hydrogen) atoms. The van der Waals surface area contributed by atoms with Crippen molar-refractivity contribution in [3.05, 3.63) is 58.9 Å². The quantitative estimate of drug-likeness (QED) is 0.503. The zero-order valence-corrected chi connectivity index (χ0v) is 17.0. The van der Waals surface area contributed by atoms with E-state index in [0.717, 1.165) is 41.8 Å². The van der Waals surface area contributed by atoms with Crippen LogP contribution in [0.3, 0.4) is 0 Å². The van der Waals surface area contributed by atoms with Gasteiger partial charge < -0.3 is 10.6 Å². The second-order valence-electron chi connectivity index (χ2n) is 8.19. The molecule has 0 atom stereocenters. The molecule has 3 rings (SSSR count). The number of aromatic amines is 1. The molecule has 0 aliphatic heterocycles. The highest BCUT2D eigenvalue weighted by molar-refractivity contribution is 5.94. The van der Waals surface area contributed by atoms with Crippen LogP contribution in [-0.4, -0.2) is 28.8 Å². The minimum absolute atomic E-state index is 0.158. The average Bonchev–Trinajstić information content (AvgIpc) is 2.67. The molecule has 0 fully saturated rings. The Labute approximate surface area is 166 Å². The molecule has 0 saturated heterocycles. The van der Waals surface area contributed by atoms with Crippen LogP contribution in [0.5, 0.6) is 0 Å². The zero-order valence-electron chi connectivity index (χ0n) is 17.0. The number of nitrogens with one attached hydrogen (secondary N) is 3. The maximum absolute atomic E-state index is 12.0. The summed E-state index contributed by atoms with van der Waals surface area (Å²) in [5.41, 5.74) is 2.90. The Kier molecular flexibility index (Phi) is 6.47. The fourth-order valence-electron chi connectivity index (χ4n) is 3.23. The predicted molar refractivity (Wildman–Crippen MR) is 118 cm³/mol. The maximum atomic E-state index is 12.0. The second kappa shape index (κ2) is 9.02. The van der Waals surface area contributed by atoms with Crippen molar-refractivity contribution >= 4 is 16.5 Å². The van der Waals surface area contributed by atoms with E-state index in [0.29, 0.717) is 5.39 Å². The molecular weight excluding hydrogens is 348 g/mol. The van der Waals surface area contributed by atoms with Crippen LogP contribution in [0.4, 0.5) is 5.69 Å². The molecule has 0 bridgehead atoms. The lowest BCUT2D eigenvalue weighted by Gasteiger charge is -2.20. The minimum atomic E-state index is -0.158. The summed E-state index contributed by atoms with van der Waals surface area (Å²) in [6.45, 7) is 8.59. The largest absolute Gasteiger partial charge is 0.385 e. The number of hydrogen-bond acceptors (Lipinski definition) is 4. The first-order valence-corrected chi connectivity index (χ1v) is 10.0. The number of anilines is 1. The Morgan fingerprint density at radius 1 is 0.929 bits per heavy atom. The van der Waals surface area contributed by atoms with Gasteiger partial charge in [-0.05, 0) is 58.4 Å². The average molecular weight is 379 g/mol. The molecule has 148 valence electrons. The van der Waals surface area contributed by atoms with E-state index < -0.39 is 0 Å². The number of unbranched alkanes of at least 4 members (excludes halogenated alkanes) is 2. The third kappa shape index (κ3) is 5.42. The molecule has 0 spiro atoms. The number of aromatic nitrogens is 2. The van der Waals surface area contributed by atoms with E-state index in [9.17, 15) is 4.79 Å². The SMILES string of the molecule is CC(C)(C)NCCCCCNc1cccc(-c2n[nH]c(=O)c3ccccc23)c1. The number of rotatable bonds is 8. The monoisotopic (exact) mass is 378 g/mol. The van der Waals surface area contributed by atoms with Crippen LogP contribution in [0.25, 0.3) is 22.0 Å². The molecule has 3 N–H and O–H groups in total. The number of nitrogens with zero attached hydrogens (tertiary/aromatic N) is 1. The van der Waals surface area contributed by atoms with Crippen molar-refractivity contribution in [1.29, 1.82) is 0 Å². The summed E-state index contributed by atoms with van der Waals surface area (Å²) in [4.78, 5) is 12.0. The summed E-state index contributed by atoms with van der Waals surface area (Å²) >= 11 is 0. The van der Waals surface area contributed by atoms with Crippen molar-refractivity contribution < 1.29 is 0 Å². The van der Waals surface area contributed by atoms with E-state index in [1.54, 1.807) is 0 Å². The van der Waals surface area contributed by atoms with E-state index in [1.165, 1.54) is 12.8 Å². The van der Waals surface area contributed by atoms with Gasteiger partial charge in [-0.1, -0.05) is 36.8 Å². The fraction of sp³-hybridized carbons (Fsp3) is 0.391. The van der Waals surface area contributed by atoms with Crippen LogP contribution in [-0.2, 0) is 0 Å². The topological polar surface area (TPSA) is 69.8 Å². The molecule has 1 aromatic heterocycles. The summed E-state index contributed by atoms with van der Waals surface area (Å²) in [6, 6.07) is 15.8. The Balaban J connectivity index is 1.60. The van der Waals surface area contributed by atoms with Crippen LogP contribution in [0.1, 0.15) is 40.0 Å². The zero-order chi connectivity index (χ0) is 20.0. The third-order valence-corrected chi connectivity index (χ3v) is 4.67. The maximum Gasteiger partial charge on any atom is 0.272 e. The first-order valence-electron chi connectivity index (χ1n) is 10.0. The lowest BCUT2D eigenvalue weighted by molar-refractivity contribution is 0.418. The van der Waals surface area contributed by atoms with Crippen molar-refractivity contribution in [2.75, 3.05) is 18.4 Å². The van der Waals surface area contributed by atoms with Gasteiger partial charge >= 0.3 is 0 Å². The number of hydrogen-bond donors (Lipinski definition) is 3.